The predicted octanol–water partition coefficient (Wildman–Crippen LogP) is 2.48. The number of benzene rings is 1. The van der Waals surface area contributed by atoms with Crippen LogP contribution in [-0.4, -0.2) is 68.5 Å². The number of rotatable bonds is 5. The topological polar surface area (TPSA) is 96.0 Å². The molecule has 10 heteroatoms. The van der Waals surface area contributed by atoms with Crippen molar-refractivity contribution in [2.24, 2.45) is 0 Å². The Labute approximate surface area is 176 Å². The van der Waals surface area contributed by atoms with Gasteiger partial charge in [-0.1, -0.05) is 11.6 Å². The highest BCUT2D eigenvalue weighted by molar-refractivity contribution is 7.89. The number of nitrogens with one attached hydrogen (secondary N) is 1. The number of sulfonamides is 1. The van der Waals surface area contributed by atoms with Crippen LogP contribution in [0, 0.1) is 0 Å². The lowest BCUT2D eigenvalue weighted by Crippen LogP contribution is -2.46. The Morgan fingerprint density at radius 3 is 2.45 bits per heavy atom. The third kappa shape index (κ3) is 5.02. The van der Waals surface area contributed by atoms with Crippen LogP contribution in [0.1, 0.15) is 43.0 Å². The summed E-state index contributed by atoms with van der Waals surface area (Å²) < 4.78 is 32.1. The van der Waals surface area contributed by atoms with Crippen LogP contribution in [-0.2, 0) is 14.8 Å². The molecule has 2 amide bonds. The van der Waals surface area contributed by atoms with E-state index in [1.165, 1.54) is 22.5 Å². The zero-order valence-electron chi connectivity index (χ0n) is 16.4. The number of piperidine rings is 1. The minimum Gasteiger partial charge on any atom is -0.450 e. The van der Waals surface area contributed by atoms with Gasteiger partial charge in [-0.05, 0) is 50.8 Å². The second kappa shape index (κ2) is 9.32. The van der Waals surface area contributed by atoms with Crippen molar-refractivity contribution < 1.29 is 22.7 Å². The van der Waals surface area contributed by atoms with Gasteiger partial charge in [-0.3, -0.25) is 4.79 Å². The van der Waals surface area contributed by atoms with Crippen LogP contribution in [0.3, 0.4) is 0 Å². The normalized spacial score (nSPS) is 18.6. The van der Waals surface area contributed by atoms with Gasteiger partial charge in [-0.2, -0.15) is 4.31 Å². The number of hydrogen-bond acceptors (Lipinski definition) is 5. The van der Waals surface area contributed by atoms with Crippen molar-refractivity contribution in [2.75, 3.05) is 32.8 Å². The SMILES string of the molecule is CCOC(=O)N1CCC(NC(=O)c2ccc(Cl)c(S(=O)(=O)N3CCCC3)c2)CC1. The molecular formula is C19H26ClN3O5S. The molecule has 2 saturated heterocycles. The first kappa shape index (κ1) is 21.9. The van der Waals surface area contributed by atoms with Crippen LogP contribution < -0.4 is 5.32 Å². The molecule has 0 unspecified atom stereocenters. The fourth-order valence-electron chi connectivity index (χ4n) is 3.60. The molecule has 0 aliphatic carbocycles. The molecule has 0 radical (unpaired) electrons. The molecule has 2 aliphatic heterocycles. The predicted molar refractivity (Wildman–Crippen MR) is 109 cm³/mol. The minimum atomic E-state index is -3.72. The number of halogens is 1. The molecule has 0 aromatic heterocycles. The van der Waals surface area contributed by atoms with Gasteiger partial charge in [0.2, 0.25) is 10.0 Å². The Balaban J connectivity index is 1.65. The number of nitrogens with zero attached hydrogens (tertiary/aromatic N) is 2. The first-order valence-electron chi connectivity index (χ1n) is 9.85. The monoisotopic (exact) mass is 443 g/mol. The molecule has 1 aromatic rings. The van der Waals surface area contributed by atoms with Crippen LogP contribution >= 0.6 is 11.6 Å². The molecular weight excluding hydrogens is 418 g/mol. The summed E-state index contributed by atoms with van der Waals surface area (Å²) in [5, 5.41) is 3.03. The van der Waals surface area contributed by atoms with Crippen molar-refractivity contribution in [3.05, 3.63) is 28.8 Å². The van der Waals surface area contributed by atoms with Gasteiger partial charge in [-0.25, -0.2) is 13.2 Å². The Bertz CT molecular complexity index is 863. The van der Waals surface area contributed by atoms with Gasteiger partial charge < -0.3 is 15.0 Å². The molecule has 0 bridgehead atoms. The number of hydrogen-bond donors (Lipinski definition) is 1. The van der Waals surface area contributed by atoms with Crippen LogP contribution in [0.25, 0.3) is 0 Å². The summed E-state index contributed by atoms with van der Waals surface area (Å²) in [6, 6.07) is 4.22. The smallest absolute Gasteiger partial charge is 0.409 e. The molecule has 2 heterocycles. The van der Waals surface area contributed by atoms with E-state index in [-0.39, 0.29) is 33.5 Å². The highest BCUT2D eigenvalue weighted by Crippen LogP contribution is 2.28. The largest absolute Gasteiger partial charge is 0.450 e. The average Bonchev–Trinajstić information content (AvgIpc) is 3.24. The fourth-order valence-corrected chi connectivity index (χ4v) is 5.62. The Morgan fingerprint density at radius 1 is 1.17 bits per heavy atom. The standard InChI is InChI=1S/C19H26ClN3O5S/c1-2-28-19(25)22-11-7-15(8-12-22)21-18(24)14-5-6-16(20)17(13-14)29(26,27)23-9-3-4-10-23/h5-6,13,15H,2-4,7-12H2,1H3,(H,21,24). The minimum absolute atomic E-state index is 0.0363. The van der Waals surface area contributed by atoms with E-state index in [0.717, 1.165) is 12.8 Å². The molecule has 2 fully saturated rings. The van der Waals surface area contributed by atoms with E-state index in [4.69, 9.17) is 16.3 Å². The van der Waals surface area contributed by atoms with Crippen LogP contribution in [0.4, 0.5) is 4.79 Å². The molecule has 0 spiro atoms. The Morgan fingerprint density at radius 2 is 1.83 bits per heavy atom. The van der Waals surface area contributed by atoms with Crippen molar-refractivity contribution >= 4 is 33.6 Å². The lowest BCUT2D eigenvalue weighted by Gasteiger charge is -2.31. The van der Waals surface area contributed by atoms with Crippen molar-refractivity contribution in [1.82, 2.24) is 14.5 Å². The molecule has 3 rings (SSSR count). The summed E-state index contributed by atoms with van der Waals surface area (Å²) in [6.45, 7) is 4.02. The highest BCUT2D eigenvalue weighted by atomic mass is 35.5. The van der Waals surface area contributed by atoms with Crippen LogP contribution in [0.5, 0.6) is 0 Å². The maximum atomic E-state index is 12.8. The van der Waals surface area contributed by atoms with Gasteiger partial charge >= 0.3 is 6.09 Å². The number of amides is 2. The number of likely N-dealkylation sites (tertiary alicyclic amines) is 1. The molecule has 0 saturated carbocycles. The first-order chi connectivity index (χ1) is 13.8. The summed E-state index contributed by atoms with van der Waals surface area (Å²) in [7, 11) is -3.72. The zero-order valence-corrected chi connectivity index (χ0v) is 18.0. The van der Waals surface area contributed by atoms with E-state index in [1.807, 2.05) is 0 Å². The second-order valence-corrected chi connectivity index (χ2v) is 9.50. The molecule has 29 heavy (non-hydrogen) atoms. The number of carbonyl (C=O) groups is 2. The Hall–Kier alpha value is -1.84. The first-order valence-corrected chi connectivity index (χ1v) is 11.7. The van der Waals surface area contributed by atoms with Gasteiger partial charge in [0.15, 0.2) is 0 Å². The molecule has 160 valence electrons. The summed E-state index contributed by atoms with van der Waals surface area (Å²) in [4.78, 5) is 26.0. The van der Waals surface area contributed by atoms with Crippen molar-refractivity contribution in [1.29, 1.82) is 0 Å². The summed E-state index contributed by atoms with van der Waals surface area (Å²) >= 11 is 6.14. The van der Waals surface area contributed by atoms with Gasteiger partial charge in [0.05, 0.1) is 11.6 Å². The Kier molecular flexibility index (Phi) is 7.02. The molecule has 1 N–H and O–H groups in total. The number of carbonyl (C=O) groups excluding carboxylic acids is 2. The zero-order chi connectivity index (χ0) is 21.0. The molecule has 0 atom stereocenters. The average molecular weight is 444 g/mol. The van der Waals surface area contributed by atoms with E-state index in [1.54, 1.807) is 11.8 Å². The maximum absolute atomic E-state index is 12.8. The van der Waals surface area contributed by atoms with Gasteiger partial charge in [0.25, 0.3) is 5.91 Å². The third-order valence-corrected chi connectivity index (χ3v) is 7.61. The van der Waals surface area contributed by atoms with E-state index in [2.05, 4.69) is 5.32 Å². The van der Waals surface area contributed by atoms with Crippen LogP contribution in [0.15, 0.2) is 23.1 Å². The van der Waals surface area contributed by atoms with Crippen LogP contribution in [0.2, 0.25) is 5.02 Å². The second-order valence-electron chi connectivity index (χ2n) is 7.19. The molecule has 8 nitrogen and oxygen atoms in total. The van der Waals surface area contributed by atoms with E-state index in [9.17, 15) is 18.0 Å². The lowest BCUT2D eigenvalue weighted by atomic mass is 10.0. The van der Waals surface area contributed by atoms with Crippen molar-refractivity contribution in [2.45, 2.75) is 43.5 Å². The third-order valence-electron chi connectivity index (χ3n) is 5.23. The fraction of sp³-hybridized carbons (Fsp3) is 0.579. The molecule has 1 aromatic carbocycles. The van der Waals surface area contributed by atoms with Gasteiger partial charge in [0, 0.05) is 37.8 Å². The summed E-state index contributed by atoms with van der Waals surface area (Å²) in [6.07, 6.45) is 2.52. The molecule has 2 aliphatic rings. The highest BCUT2D eigenvalue weighted by Gasteiger charge is 2.30. The summed E-state index contributed by atoms with van der Waals surface area (Å²) in [5.41, 5.74) is 0.250. The van der Waals surface area contributed by atoms with Crippen molar-refractivity contribution in [3.8, 4) is 0 Å². The summed E-state index contributed by atoms with van der Waals surface area (Å²) in [5.74, 6) is -0.353. The van der Waals surface area contributed by atoms with E-state index >= 15 is 0 Å². The lowest BCUT2D eigenvalue weighted by molar-refractivity contribution is 0.0860. The van der Waals surface area contributed by atoms with E-state index in [0.29, 0.717) is 45.6 Å². The van der Waals surface area contributed by atoms with Gasteiger partial charge in [0.1, 0.15) is 4.90 Å². The quantitative estimate of drug-likeness (QED) is 0.754. The van der Waals surface area contributed by atoms with Crippen molar-refractivity contribution in [3.63, 3.8) is 0 Å². The van der Waals surface area contributed by atoms with Gasteiger partial charge in [-0.15, -0.1) is 0 Å². The maximum Gasteiger partial charge on any atom is 0.409 e. The number of ether oxygens (including phenoxy) is 1. The van der Waals surface area contributed by atoms with E-state index < -0.39 is 10.0 Å².